The van der Waals surface area contributed by atoms with Gasteiger partial charge >= 0.3 is 0 Å². The lowest BCUT2D eigenvalue weighted by molar-refractivity contribution is 0.632. The summed E-state index contributed by atoms with van der Waals surface area (Å²) < 4.78 is 14.5. The summed E-state index contributed by atoms with van der Waals surface area (Å²) in [6.07, 6.45) is 0.955. The van der Waals surface area contributed by atoms with Crippen LogP contribution in [0.2, 0.25) is 0 Å². The molecule has 0 atom stereocenters. The van der Waals surface area contributed by atoms with E-state index in [0.717, 1.165) is 23.1 Å². The zero-order valence-corrected chi connectivity index (χ0v) is 12.9. The zero-order valence-electron chi connectivity index (χ0n) is 12.9. The van der Waals surface area contributed by atoms with E-state index in [1.54, 1.807) is 6.07 Å². The van der Waals surface area contributed by atoms with Crippen LogP contribution in [0.15, 0.2) is 66.7 Å². The smallest absolute Gasteiger partial charge is 0.131 e. The average molecular weight is 290 g/mol. The molecule has 0 saturated heterocycles. The van der Waals surface area contributed by atoms with Crippen LogP contribution in [-0.4, -0.2) is 0 Å². The minimum absolute atomic E-state index is 0.175. The third-order valence-electron chi connectivity index (χ3n) is 4.00. The normalized spacial score (nSPS) is 10.7. The van der Waals surface area contributed by atoms with E-state index in [1.807, 2.05) is 55.5 Å². The summed E-state index contributed by atoms with van der Waals surface area (Å²) in [6, 6.07) is 21.7. The average Bonchev–Trinajstić information content (AvgIpc) is 2.55. The Morgan fingerprint density at radius 2 is 1.50 bits per heavy atom. The maximum absolute atomic E-state index is 14.5. The van der Waals surface area contributed by atoms with Gasteiger partial charge in [0.25, 0.3) is 0 Å². The van der Waals surface area contributed by atoms with Crippen molar-refractivity contribution in [1.29, 1.82) is 0 Å². The molecule has 110 valence electrons. The molecular weight excluding hydrogens is 271 g/mol. The zero-order chi connectivity index (χ0) is 15.5. The summed E-state index contributed by atoms with van der Waals surface area (Å²) >= 11 is 0. The molecule has 0 N–H and O–H groups in total. The largest absolute Gasteiger partial charge is 0.206 e. The fraction of sp³-hybridized carbons (Fsp3) is 0.143. The molecule has 1 heteroatoms. The number of aryl methyl sites for hydroxylation is 2. The first-order valence-electron chi connectivity index (χ1n) is 7.63. The van der Waals surface area contributed by atoms with Gasteiger partial charge in [-0.25, -0.2) is 4.39 Å². The van der Waals surface area contributed by atoms with E-state index < -0.39 is 0 Å². The standard InChI is InChI=1S/C21H19F/c1-3-16-5-4-6-19(13-16)20-12-11-18(14-21(20)22)17-9-7-15(2)8-10-17/h4-14H,3H2,1-2H3. The molecule has 0 amide bonds. The number of hydrogen-bond donors (Lipinski definition) is 0. The van der Waals surface area contributed by atoms with Gasteiger partial charge in [-0.1, -0.05) is 73.2 Å². The highest BCUT2D eigenvalue weighted by molar-refractivity contribution is 5.71. The van der Waals surface area contributed by atoms with Crippen LogP contribution in [0.5, 0.6) is 0 Å². The lowest BCUT2D eigenvalue weighted by atomic mass is 9.98. The molecule has 0 heterocycles. The third kappa shape index (κ3) is 2.94. The highest BCUT2D eigenvalue weighted by Crippen LogP contribution is 2.28. The van der Waals surface area contributed by atoms with Gasteiger partial charge in [0.15, 0.2) is 0 Å². The molecule has 0 saturated carbocycles. The quantitative estimate of drug-likeness (QED) is 0.552. The van der Waals surface area contributed by atoms with Crippen molar-refractivity contribution in [3.8, 4) is 22.3 Å². The van der Waals surface area contributed by atoms with Crippen LogP contribution in [-0.2, 0) is 6.42 Å². The molecule has 0 unspecified atom stereocenters. The Hall–Kier alpha value is -2.41. The van der Waals surface area contributed by atoms with Crippen molar-refractivity contribution in [1.82, 2.24) is 0 Å². The van der Waals surface area contributed by atoms with Gasteiger partial charge in [-0.05, 0) is 41.7 Å². The van der Waals surface area contributed by atoms with E-state index in [2.05, 4.69) is 19.1 Å². The van der Waals surface area contributed by atoms with Crippen LogP contribution in [0, 0.1) is 12.7 Å². The minimum atomic E-state index is -0.175. The first-order valence-corrected chi connectivity index (χ1v) is 7.63. The van der Waals surface area contributed by atoms with E-state index in [-0.39, 0.29) is 5.82 Å². The highest BCUT2D eigenvalue weighted by Gasteiger charge is 2.08. The Bertz CT molecular complexity index is 785. The number of hydrogen-bond acceptors (Lipinski definition) is 0. The van der Waals surface area contributed by atoms with E-state index in [0.29, 0.717) is 5.56 Å². The molecule has 0 bridgehead atoms. The molecular formula is C21H19F. The van der Waals surface area contributed by atoms with Crippen LogP contribution in [0.25, 0.3) is 22.3 Å². The van der Waals surface area contributed by atoms with E-state index in [9.17, 15) is 4.39 Å². The Kier molecular flexibility index (Phi) is 4.06. The van der Waals surface area contributed by atoms with Crippen molar-refractivity contribution >= 4 is 0 Å². The molecule has 3 aromatic rings. The number of benzene rings is 3. The Morgan fingerprint density at radius 3 is 2.18 bits per heavy atom. The molecule has 0 aromatic heterocycles. The molecule has 3 rings (SSSR count). The summed E-state index contributed by atoms with van der Waals surface area (Å²) in [5.74, 6) is -0.175. The molecule has 0 aliphatic carbocycles. The number of halogens is 1. The summed E-state index contributed by atoms with van der Waals surface area (Å²) in [7, 11) is 0. The first kappa shape index (κ1) is 14.5. The van der Waals surface area contributed by atoms with Crippen LogP contribution in [0.4, 0.5) is 4.39 Å². The van der Waals surface area contributed by atoms with Crippen molar-refractivity contribution < 1.29 is 4.39 Å². The van der Waals surface area contributed by atoms with Gasteiger partial charge in [0, 0.05) is 5.56 Å². The second kappa shape index (κ2) is 6.15. The van der Waals surface area contributed by atoms with Crippen molar-refractivity contribution in [3.63, 3.8) is 0 Å². The third-order valence-corrected chi connectivity index (χ3v) is 4.00. The predicted molar refractivity (Wildman–Crippen MR) is 91.4 cm³/mol. The fourth-order valence-electron chi connectivity index (χ4n) is 2.63. The lowest BCUT2D eigenvalue weighted by Crippen LogP contribution is -1.88. The van der Waals surface area contributed by atoms with Crippen molar-refractivity contribution in [2.24, 2.45) is 0 Å². The molecule has 0 aliphatic rings. The molecule has 3 aromatic carbocycles. The summed E-state index contributed by atoms with van der Waals surface area (Å²) in [5.41, 5.74) is 5.97. The minimum Gasteiger partial charge on any atom is -0.206 e. The number of rotatable bonds is 3. The van der Waals surface area contributed by atoms with Gasteiger partial charge < -0.3 is 0 Å². The SMILES string of the molecule is CCc1cccc(-c2ccc(-c3ccc(C)cc3)cc2F)c1. The monoisotopic (exact) mass is 290 g/mol. The van der Waals surface area contributed by atoms with Gasteiger partial charge in [0.1, 0.15) is 5.82 Å². The lowest BCUT2D eigenvalue weighted by Gasteiger charge is -2.08. The molecule has 0 fully saturated rings. The van der Waals surface area contributed by atoms with Gasteiger partial charge in [0.2, 0.25) is 0 Å². The molecule has 0 spiro atoms. The van der Waals surface area contributed by atoms with Crippen molar-refractivity contribution in [2.45, 2.75) is 20.3 Å². The van der Waals surface area contributed by atoms with Crippen molar-refractivity contribution in [3.05, 3.63) is 83.7 Å². The summed E-state index contributed by atoms with van der Waals surface area (Å²) in [5, 5.41) is 0. The highest BCUT2D eigenvalue weighted by atomic mass is 19.1. The molecule has 0 nitrogen and oxygen atoms in total. The fourth-order valence-corrected chi connectivity index (χ4v) is 2.63. The van der Waals surface area contributed by atoms with Crippen molar-refractivity contribution in [2.75, 3.05) is 0 Å². The Balaban J connectivity index is 2.00. The first-order chi connectivity index (χ1) is 10.7. The Morgan fingerprint density at radius 1 is 0.773 bits per heavy atom. The molecule has 22 heavy (non-hydrogen) atoms. The van der Waals surface area contributed by atoms with Gasteiger partial charge in [-0.2, -0.15) is 0 Å². The maximum Gasteiger partial charge on any atom is 0.131 e. The van der Waals surface area contributed by atoms with Crippen LogP contribution in [0.3, 0.4) is 0 Å². The van der Waals surface area contributed by atoms with Crippen LogP contribution in [0.1, 0.15) is 18.1 Å². The second-order valence-corrected chi connectivity index (χ2v) is 5.61. The summed E-state index contributed by atoms with van der Waals surface area (Å²) in [6.45, 7) is 4.16. The van der Waals surface area contributed by atoms with Gasteiger partial charge in [-0.15, -0.1) is 0 Å². The van der Waals surface area contributed by atoms with Gasteiger partial charge in [0.05, 0.1) is 0 Å². The summed E-state index contributed by atoms with van der Waals surface area (Å²) in [4.78, 5) is 0. The van der Waals surface area contributed by atoms with E-state index in [1.165, 1.54) is 11.1 Å². The van der Waals surface area contributed by atoms with Crippen LogP contribution >= 0.6 is 0 Å². The molecule has 0 radical (unpaired) electrons. The maximum atomic E-state index is 14.5. The predicted octanol–water partition coefficient (Wildman–Crippen LogP) is 6.03. The Labute approximate surface area is 131 Å². The van der Waals surface area contributed by atoms with Gasteiger partial charge in [-0.3, -0.25) is 0 Å². The molecule has 0 aliphatic heterocycles. The second-order valence-electron chi connectivity index (χ2n) is 5.61. The topological polar surface area (TPSA) is 0 Å². The van der Waals surface area contributed by atoms with E-state index in [4.69, 9.17) is 0 Å². The van der Waals surface area contributed by atoms with E-state index >= 15 is 0 Å². The van der Waals surface area contributed by atoms with Crippen LogP contribution < -0.4 is 0 Å².